The molecule has 0 bridgehead atoms. The van der Waals surface area contributed by atoms with E-state index in [0.717, 1.165) is 13.0 Å². The Morgan fingerprint density at radius 1 is 1.18 bits per heavy atom. The summed E-state index contributed by atoms with van der Waals surface area (Å²) in [4.78, 5) is 0. The van der Waals surface area contributed by atoms with E-state index in [-0.39, 0.29) is 0 Å². The van der Waals surface area contributed by atoms with Crippen molar-refractivity contribution in [2.45, 2.75) is 13.3 Å². The van der Waals surface area contributed by atoms with Gasteiger partial charge in [-0.2, -0.15) is 0 Å². The standard InChI is InChI=1S/C15H14BrN/c1-10-5-6-11(9-14(10)16)12-3-2-4-15-13(12)7-8-17-15/h2-6,9,17H,7-8H2,1H3. The van der Waals surface area contributed by atoms with Crippen molar-refractivity contribution in [3.63, 3.8) is 0 Å². The minimum absolute atomic E-state index is 1.05. The molecule has 17 heavy (non-hydrogen) atoms. The molecule has 0 amide bonds. The van der Waals surface area contributed by atoms with E-state index in [9.17, 15) is 0 Å². The molecule has 0 unspecified atom stereocenters. The molecule has 3 rings (SSSR count). The maximum Gasteiger partial charge on any atom is 0.0379 e. The van der Waals surface area contributed by atoms with Crippen LogP contribution in [0.5, 0.6) is 0 Å². The third-order valence-corrected chi connectivity index (χ3v) is 4.20. The minimum atomic E-state index is 1.05. The predicted molar refractivity (Wildman–Crippen MR) is 76.5 cm³/mol. The van der Waals surface area contributed by atoms with Crippen LogP contribution in [0.25, 0.3) is 11.1 Å². The van der Waals surface area contributed by atoms with Crippen LogP contribution in [0.4, 0.5) is 5.69 Å². The molecule has 1 aliphatic rings. The number of nitrogens with one attached hydrogen (secondary N) is 1. The Bertz CT molecular complexity index is 575. The Labute approximate surface area is 110 Å². The number of aryl methyl sites for hydroxylation is 1. The van der Waals surface area contributed by atoms with E-state index in [1.165, 1.54) is 32.4 Å². The highest BCUT2D eigenvalue weighted by atomic mass is 79.9. The van der Waals surface area contributed by atoms with Gasteiger partial charge in [-0.25, -0.2) is 0 Å². The van der Waals surface area contributed by atoms with Crippen molar-refractivity contribution in [2.24, 2.45) is 0 Å². The molecule has 0 fully saturated rings. The molecule has 0 spiro atoms. The van der Waals surface area contributed by atoms with Gasteiger partial charge >= 0.3 is 0 Å². The van der Waals surface area contributed by atoms with Crippen molar-refractivity contribution >= 4 is 21.6 Å². The maximum absolute atomic E-state index is 3.61. The molecular formula is C15H14BrN. The fraction of sp³-hybridized carbons (Fsp3) is 0.200. The molecule has 86 valence electrons. The zero-order valence-corrected chi connectivity index (χ0v) is 11.3. The van der Waals surface area contributed by atoms with Gasteiger partial charge in [0, 0.05) is 16.7 Å². The molecule has 0 saturated carbocycles. The topological polar surface area (TPSA) is 12.0 Å². The van der Waals surface area contributed by atoms with Crippen LogP contribution in [0.1, 0.15) is 11.1 Å². The number of fused-ring (bicyclic) bond motifs is 1. The first-order chi connectivity index (χ1) is 8.25. The molecule has 0 saturated heterocycles. The summed E-state index contributed by atoms with van der Waals surface area (Å²) in [7, 11) is 0. The Hall–Kier alpha value is -1.28. The zero-order valence-electron chi connectivity index (χ0n) is 9.76. The molecule has 0 aliphatic carbocycles. The quantitative estimate of drug-likeness (QED) is 0.820. The fourth-order valence-corrected chi connectivity index (χ4v) is 2.75. The summed E-state index contributed by atoms with van der Waals surface area (Å²) in [5.41, 5.74) is 6.66. The Balaban J connectivity index is 2.15. The van der Waals surface area contributed by atoms with Gasteiger partial charge in [0.2, 0.25) is 0 Å². The average molecular weight is 288 g/mol. The first-order valence-electron chi connectivity index (χ1n) is 5.88. The SMILES string of the molecule is Cc1ccc(-c2cccc3c2CCN3)cc1Br. The molecule has 0 radical (unpaired) electrons. The fourth-order valence-electron chi connectivity index (χ4n) is 2.37. The molecule has 1 nitrogen and oxygen atoms in total. The second kappa shape index (κ2) is 4.19. The van der Waals surface area contributed by atoms with Gasteiger partial charge in [0.25, 0.3) is 0 Å². The summed E-state index contributed by atoms with van der Waals surface area (Å²) in [5, 5.41) is 3.42. The first kappa shape index (κ1) is 10.8. The number of anilines is 1. The molecule has 0 atom stereocenters. The van der Waals surface area contributed by atoms with Crippen molar-refractivity contribution in [1.82, 2.24) is 0 Å². The van der Waals surface area contributed by atoms with E-state index in [0.29, 0.717) is 0 Å². The molecule has 1 heterocycles. The highest BCUT2D eigenvalue weighted by Crippen LogP contribution is 2.34. The van der Waals surface area contributed by atoms with Gasteiger partial charge in [-0.05, 0) is 47.7 Å². The molecule has 2 aromatic rings. The van der Waals surface area contributed by atoms with Gasteiger partial charge in [-0.1, -0.05) is 40.2 Å². The summed E-state index contributed by atoms with van der Waals surface area (Å²) >= 11 is 3.61. The van der Waals surface area contributed by atoms with Crippen molar-refractivity contribution in [2.75, 3.05) is 11.9 Å². The number of rotatable bonds is 1. The Kier molecular flexibility index (Phi) is 2.67. The summed E-state index contributed by atoms with van der Waals surface area (Å²) in [6.45, 7) is 3.17. The van der Waals surface area contributed by atoms with E-state index in [2.05, 4.69) is 64.6 Å². The second-order valence-electron chi connectivity index (χ2n) is 4.47. The Morgan fingerprint density at radius 3 is 2.88 bits per heavy atom. The lowest BCUT2D eigenvalue weighted by molar-refractivity contribution is 1.11. The van der Waals surface area contributed by atoms with Gasteiger partial charge in [-0.15, -0.1) is 0 Å². The number of hydrogen-bond acceptors (Lipinski definition) is 1. The zero-order chi connectivity index (χ0) is 11.8. The van der Waals surface area contributed by atoms with Crippen LogP contribution in [0.3, 0.4) is 0 Å². The van der Waals surface area contributed by atoms with Gasteiger partial charge in [0.15, 0.2) is 0 Å². The lowest BCUT2D eigenvalue weighted by Crippen LogP contribution is -1.90. The van der Waals surface area contributed by atoms with Gasteiger partial charge in [0.05, 0.1) is 0 Å². The van der Waals surface area contributed by atoms with Gasteiger partial charge < -0.3 is 5.32 Å². The van der Waals surface area contributed by atoms with Crippen LogP contribution in [0, 0.1) is 6.92 Å². The normalized spacial score (nSPS) is 13.3. The monoisotopic (exact) mass is 287 g/mol. The first-order valence-corrected chi connectivity index (χ1v) is 6.67. The van der Waals surface area contributed by atoms with E-state index in [4.69, 9.17) is 0 Å². The van der Waals surface area contributed by atoms with E-state index >= 15 is 0 Å². The van der Waals surface area contributed by atoms with E-state index in [1.807, 2.05) is 0 Å². The highest BCUT2D eigenvalue weighted by Gasteiger charge is 2.14. The van der Waals surface area contributed by atoms with E-state index in [1.54, 1.807) is 0 Å². The van der Waals surface area contributed by atoms with Crippen LogP contribution >= 0.6 is 15.9 Å². The minimum Gasteiger partial charge on any atom is -0.384 e. The lowest BCUT2D eigenvalue weighted by Gasteiger charge is -2.09. The van der Waals surface area contributed by atoms with E-state index < -0.39 is 0 Å². The molecular weight excluding hydrogens is 274 g/mol. The molecule has 2 aromatic carbocycles. The average Bonchev–Trinajstić information content (AvgIpc) is 2.80. The smallest absolute Gasteiger partial charge is 0.0379 e. The van der Waals surface area contributed by atoms with Crippen molar-refractivity contribution in [1.29, 1.82) is 0 Å². The number of halogens is 1. The Morgan fingerprint density at radius 2 is 2.06 bits per heavy atom. The van der Waals surface area contributed by atoms with Crippen LogP contribution in [-0.4, -0.2) is 6.54 Å². The molecule has 1 aliphatic heterocycles. The van der Waals surface area contributed by atoms with Crippen molar-refractivity contribution < 1.29 is 0 Å². The third kappa shape index (κ3) is 1.87. The molecule has 1 N–H and O–H groups in total. The van der Waals surface area contributed by atoms with Crippen molar-refractivity contribution in [3.05, 3.63) is 52.0 Å². The second-order valence-corrected chi connectivity index (χ2v) is 5.33. The lowest BCUT2D eigenvalue weighted by atomic mass is 9.97. The number of hydrogen-bond donors (Lipinski definition) is 1. The molecule has 0 aromatic heterocycles. The van der Waals surface area contributed by atoms with Gasteiger partial charge in [-0.3, -0.25) is 0 Å². The predicted octanol–water partition coefficient (Wildman–Crippen LogP) is 4.39. The maximum atomic E-state index is 3.61. The largest absolute Gasteiger partial charge is 0.384 e. The van der Waals surface area contributed by atoms with Crippen LogP contribution in [-0.2, 0) is 6.42 Å². The van der Waals surface area contributed by atoms with Crippen LogP contribution < -0.4 is 5.32 Å². The van der Waals surface area contributed by atoms with Gasteiger partial charge in [0.1, 0.15) is 0 Å². The third-order valence-electron chi connectivity index (χ3n) is 3.35. The van der Waals surface area contributed by atoms with Crippen LogP contribution in [0.15, 0.2) is 40.9 Å². The van der Waals surface area contributed by atoms with Crippen LogP contribution in [0.2, 0.25) is 0 Å². The molecule has 2 heteroatoms. The highest BCUT2D eigenvalue weighted by molar-refractivity contribution is 9.10. The summed E-state index contributed by atoms with van der Waals surface area (Å²) < 4.78 is 1.18. The number of benzene rings is 2. The summed E-state index contributed by atoms with van der Waals surface area (Å²) in [6.07, 6.45) is 1.12. The van der Waals surface area contributed by atoms with Crippen molar-refractivity contribution in [3.8, 4) is 11.1 Å². The summed E-state index contributed by atoms with van der Waals surface area (Å²) in [6, 6.07) is 13.1. The summed E-state index contributed by atoms with van der Waals surface area (Å²) in [5.74, 6) is 0.